The Balaban J connectivity index is 1.86. The first kappa shape index (κ1) is 14.6. The molecule has 0 aromatic heterocycles. The van der Waals surface area contributed by atoms with Crippen molar-refractivity contribution in [3.63, 3.8) is 0 Å². The van der Waals surface area contributed by atoms with E-state index in [0.717, 1.165) is 16.5 Å². The molecule has 2 aromatic rings. The summed E-state index contributed by atoms with van der Waals surface area (Å²) < 4.78 is 14.0. The third-order valence-corrected chi connectivity index (χ3v) is 4.88. The predicted octanol–water partition coefficient (Wildman–Crippen LogP) is 5.64. The van der Waals surface area contributed by atoms with E-state index >= 15 is 0 Å². The summed E-state index contributed by atoms with van der Waals surface area (Å²) in [5.41, 5.74) is 5.21. The number of hydrogen-bond donors (Lipinski definition) is 1. The van der Waals surface area contributed by atoms with Gasteiger partial charge in [0, 0.05) is 16.2 Å². The minimum atomic E-state index is -0.213. The summed E-state index contributed by atoms with van der Waals surface area (Å²) in [7, 11) is 0. The lowest BCUT2D eigenvalue weighted by Crippen LogP contribution is -2.12. The number of fused-ring (bicyclic) bond motifs is 1. The van der Waals surface area contributed by atoms with Crippen molar-refractivity contribution in [3.05, 3.63) is 63.4 Å². The minimum Gasteiger partial charge on any atom is -0.378 e. The number of anilines is 1. The Hall–Kier alpha value is -1.35. The van der Waals surface area contributed by atoms with Gasteiger partial charge in [-0.3, -0.25) is 0 Å². The van der Waals surface area contributed by atoms with Crippen LogP contribution in [0.15, 0.2) is 40.9 Å². The van der Waals surface area contributed by atoms with Crippen LogP contribution in [0.5, 0.6) is 0 Å². The molecule has 1 N–H and O–H groups in total. The molecule has 0 heterocycles. The molecule has 21 heavy (non-hydrogen) atoms. The molecule has 1 atom stereocenters. The van der Waals surface area contributed by atoms with Crippen LogP contribution in [0.3, 0.4) is 0 Å². The summed E-state index contributed by atoms with van der Waals surface area (Å²) in [6, 6.07) is 11.5. The topological polar surface area (TPSA) is 12.0 Å². The molecule has 0 saturated carbocycles. The summed E-state index contributed by atoms with van der Waals surface area (Å²) in [5.74, 6) is -0.213. The highest BCUT2D eigenvalue weighted by molar-refractivity contribution is 9.10. The second-order valence-electron chi connectivity index (χ2n) is 5.68. The Bertz CT molecular complexity index is 654. The molecule has 0 saturated heterocycles. The fourth-order valence-corrected chi connectivity index (χ4v) is 3.77. The molecule has 0 fully saturated rings. The maximum atomic E-state index is 13.2. The maximum Gasteiger partial charge on any atom is 0.124 e. The molecule has 3 heteroatoms. The zero-order chi connectivity index (χ0) is 14.8. The fourth-order valence-electron chi connectivity index (χ4n) is 3.08. The van der Waals surface area contributed by atoms with Crippen LogP contribution in [-0.4, -0.2) is 0 Å². The fraction of sp³-hybridized carbons (Fsp3) is 0.333. The summed E-state index contributed by atoms with van der Waals surface area (Å²) in [4.78, 5) is 0. The molecule has 3 rings (SSSR count). The average molecular weight is 348 g/mol. The summed E-state index contributed by atoms with van der Waals surface area (Å²) in [6.07, 6.45) is 4.88. The van der Waals surface area contributed by atoms with Crippen LogP contribution in [-0.2, 0) is 12.8 Å². The van der Waals surface area contributed by atoms with Gasteiger partial charge in [-0.15, -0.1) is 0 Å². The van der Waals surface area contributed by atoms with Crippen LogP contribution in [0.2, 0.25) is 0 Å². The number of rotatable bonds is 3. The molecular weight excluding hydrogens is 329 g/mol. The van der Waals surface area contributed by atoms with Crippen LogP contribution >= 0.6 is 15.9 Å². The van der Waals surface area contributed by atoms with Gasteiger partial charge in [-0.25, -0.2) is 4.39 Å². The van der Waals surface area contributed by atoms with E-state index in [1.807, 2.05) is 6.07 Å². The van der Waals surface area contributed by atoms with Gasteiger partial charge in [0.2, 0.25) is 0 Å². The normalized spacial score (nSPS) is 15.4. The Labute approximate surface area is 133 Å². The van der Waals surface area contributed by atoms with Crippen molar-refractivity contribution >= 4 is 21.6 Å². The molecule has 110 valence electrons. The first-order valence-electron chi connectivity index (χ1n) is 7.47. The van der Waals surface area contributed by atoms with E-state index in [-0.39, 0.29) is 11.9 Å². The Morgan fingerprint density at radius 2 is 1.95 bits per heavy atom. The van der Waals surface area contributed by atoms with Crippen LogP contribution in [0.25, 0.3) is 0 Å². The number of aryl methyl sites for hydroxylation is 1. The second kappa shape index (κ2) is 6.18. The van der Waals surface area contributed by atoms with Gasteiger partial charge in [-0.2, -0.15) is 0 Å². The highest BCUT2D eigenvalue weighted by atomic mass is 79.9. The van der Waals surface area contributed by atoms with Crippen molar-refractivity contribution in [2.24, 2.45) is 0 Å². The van der Waals surface area contributed by atoms with Gasteiger partial charge in [-0.05, 0) is 67.5 Å². The minimum absolute atomic E-state index is 0.133. The third-order valence-electron chi connectivity index (χ3n) is 4.20. The van der Waals surface area contributed by atoms with Crippen LogP contribution < -0.4 is 5.32 Å². The van der Waals surface area contributed by atoms with Crippen molar-refractivity contribution in [3.8, 4) is 0 Å². The first-order chi connectivity index (χ1) is 10.1. The van der Waals surface area contributed by atoms with Gasteiger partial charge in [0.15, 0.2) is 0 Å². The van der Waals surface area contributed by atoms with Crippen molar-refractivity contribution in [2.75, 3.05) is 5.32 Å². The SMILES string of the molecule is CC(Nc1cccc2c1CCCC2)c1ccc(F)cc1Br. The number of nitrogens with one attached hydrogen (secondary N) is 1. The third kappa shape index (κ3) is 3.13. The second-order valence-corrected chi connectivity index (χ2v) is 6.54. The lowest BCUT2D eigenvalue weighted by molar-refractivity contribution is 0.625. The van der Waals surface area contributed by atoms with E-state index in [1.54, 1.807) is 0 Å². The van der Waals surface area contributed by atoms with E-state index < -0.39 is 0 Å². The average Bonchev–Trinajstić information content (AvgIpc) is 2.47. The highest BCUT2D eigenvalue weighted by Gasteiger charge is 2.16. The molecule has 0 spiro atoms. The predicted molar refractivity (Wildman–Crippen MR) is 89.2 cm³/mol. The van der Waals surface area contributed by atoms with Crippen LogP contribution in [0.4, 0.5) is 10.1 Å². The Morgan fingerprint density at radius 1 is 1.14 bits per heavy atom. The number of benzene rings is 2. The zero-order valence-corrected chi connectivity index (χ0v) is 13.7. The van der Waals surface area contributed by atoms with E-state index in [9.17, 15) is 4.39 Å². The van der Waals surface area contributed by atoms with Crippen LogP contribution in [0.1, 0.15) is 42.5 Å². The molecule has 1 unspecified atom stereocenters. The van der Waals surface area contributed by atoms with Crippen molar-refractivity contribution in [1.82, 2.24) is 0 Å². The van der Waals surface area contributed by atoms with Gasteiger partial charge in [0.1, 0.15) is 5.82 Å². The molecular formula is C18H19BrFN. The first-order valence-corrected chi connectivity index (χ1v) is 8.26. The van der Waals surface area contributed by atoms with Crippen molar-refractivity contribution in [2.45, 2.75) is 38.6 Å². The number of hydrogen-bond acceptors (Lipinski definition) is 1. The summed E-state index contributed by atoms with van der Waals surface area (Å²) in [5, 5.41) is 3.59. The monoisotopic (exact) mass is 347 g/mol. The quantitative estimate of drug-likeness (QED) is 0.757. The standard InChI is InChI=1S/C18H19BrFN/c1-12(15-10-9-14(20)11-17(15)19)21-18-8-4-6-13-5-2-3-7-16(13)18/h4,6,8-12,21H,2-3,5,7H2,1H3. The lowest BCUT2D eigenvalue weighted by atomic mass is 9.90. The number of halogens is 2. The maximum absolute atomic E-state index is 13.2. The molecule has 1 aliphatic carbocycles. The van der Waals surface area contributed by atoms with Gasteiger partial charge < -0.3 is 5.32 Å². The van der Waals surface area contributed by atoms with E-state index in [1.165, 1.54) is 48.2 Å². The van der Waals surface area contributed by atoms with Gasteiger partial charge in [0.25, 0.3) is 0 Å². The Kier molecular flexibility index (Phi) is 4.29. The van der Waals surface area contributed by atoms with E-state index in [4.69, 9.17) is 0 Å². The van der Waals surface area contributed by atoms with Gasteiger partial charge in [0.05, 0.1) is 0 Å². The highest BCUT2D eigenvalue weighted by Crippen LogP contribution is 2.32. The molecule has 0 bridgehead atoms. The van der Waals surface area contributed by atoms with E-state index in [2.05, 4.69) is 46.4 Å². The largest absolute Gasteiger partial charge is 0.378 e. The summed E-state index contributed by atoms with van der Waals surface area (Å²) in [6.45, 7) is 2.11. The van der Waals surface area contributed by atoms with Crippen LogP contribution in [0, 0.1) is 5.82 Å². The Morgan fingerprint density at radius 3 is 2.76 bits per heavy atom. The smallest absolute Gasteiger partial charge is 0.124 e. The van der Waals surface area contributed by atoms with Gasteiger partial charge in [-0.1, -0.05) is 34.1 Å². The van der Waals surface area contributed by atoms with Gasteiger partial charge >= 0.3 is 0 Å². The molecule has 1 nitrogen and oxygen atoms in total. The summed E-state index contributed by atoms with van der Waals surface area (Å²) >= 11 is 3.46. The van der Waals surface area contributed by atoms with E-state index in [0.29, 0.717) is 0 Å². The van der Waals surface area contributed by atoms with Crippen molar-refractivity contribution in [1.29, 1.82) is 0 Å². The van der Waals surface area contributed by atoms with Crippen molar-refractivity contribution < 1.29 is 4.39 Å². The molecule has 0 amide bonds. The lowest BCUT2D eigenvalue weighted by Gasteiger charge is -2.23. The molecule has 2 aromatic carbocycles. The molecule has 0 radical (unpaired) electrons. The zero-order valence-electron chi connectivity index (χ0n) is 12.1. The molecule has 0 aliphatic heterocycles. The molecule has 1 aliphatic rings.